The van der Waals surface area contributed by atoms with Crippen LogP contribution in [-0.4, -0.2) is 18.7 Å². The molecule has 31 heavy (non-hydrogen) atoms. The smallest absolute Gasteiger partial charge is 0.271 e. The molecule has 0 bridgehead atoms. The Morgan fingerprint density at radius 1 is 1.00 bits per heavy atom. The zero-order valence-electron chi connectivity index (χ0n) is 17.0. The minimum atomic E-state index is -0.292. The van der Waals surface area contributed by atoms with Crippen LogP contribution in [0, 0.1) is 0 Å². The fraction of sp³-hybridized carbons (Fsp3) is 0.167. The Labute approximate surface area is 198 Å². The van der Waals surface area contributed by atoms with Crippen LogP contribution in [0.15, 0.2) is 80.8 Å². The summed E-state index contributed by atoms with van der Waals surface area (Å²) in [4.78, 5) is 12.3. The van der Waals surface area contributed by atoms with Gasteiger partial charge in [-0.25, -0.2) is 5.43 Å². The average Bonchev–Trinajstić information content (AvgIpc) is 2.78. The number of rotatable bonds is 9. The molecule has 0 aliphatic heterocycles. The number of hydrazone groups is 1. The van der Waals surface area contributed by atoms with Gasteiger partial charge in [-0.05, 0) is 85.8 Å². The minimum Gasteiger partial charge on any atom is -0.494 e. The van der Waals surface area contributed by atoms with Crippen LogP contribution in [0.1, 0.15) is 34.8 Å². The fourth-order valence-corrected chi connectivity index (χ4v) is 4.12. The number of amides is 1. The highest BCUT2D eigenvalue weighted by atomic mass is 79.9. The van der Waals surface area contributed by atoms with Crippen molar-refractivity contribution in [2.24, 2.45) is 5.10 Å². The number of carbonyl (C=O) groups excluding carboxylic acids is 1. The summed E-state index contributed by atoms with van der Waals surface area (Å²) in [6.45, 7) is 3.16. The van der Waals surface area contributed by atoms with Crippen molar-refractivity contribution in [1.82, 2.24) is 5.43 Å². The molecule has 0 radical (unpaired) electrons. The van der Waals surface area contributed by atoms with Gasteiger partial charge in [-0.2, -0.15) is 5.10 Å². The van der Waals surface area contributed by atoms with Crippen LogP contribution in [0.5, 0.6) is 11.5 Å². The second-order valence-electron chi connectivity index (χ2n) is 6.66. The van der Waals surface area contributed by atoms with Crippen LogP contribution in [0.2, 0.25) is 0 Å². The van der Waals surface area contributed by atoms with Crippen molar-refractivity contribution in [1.29, 1.82) is 0 Å². The Morgan fingerprint density at radius 2 is 1.68 bits per heavy atom. The molecule has 1 amide bonds. The van der Waals surface area contributed by atoms with Crippen molar-refractivity contribution in [3.63, 3.8) is 0 Å². The molecular weight excluding hydrogens is 524 g/mol. The van der Waals surface area contributed by atoms with E-state index in [1.165, 1.54) is 0 Å². The van der Waals surface area contributed by atoms with E-state index in [0.29, 0.717) is 24.5 Å². The molecule has 0 fully saturated rings. The fourth-order valence-electron chi connectivity index (χ4n) is 2.67. The third-order valence-corrected chi connectivity index (χ3v) is 5.39. The van der Waals surface area contributed by atoms with E-state index in [1.54, 1.807) is 30.5 Å². The van der Waals surface area contributed by atoms with Gasteiger partial charge in [0.05, 0.1) is 21.8 Å². The third-order valence-electron chi connectivity index (χ3n) is 4.22. The van der Waals surface area contributed by atoms with Gasteiger partial charge in [-0.1, -0.05) is 37.3 Å². The highest BCUT2D eigenvalue weighted by Gasteiger charge is 2.09. The van der Waals surface area contributed by atoms with Crippen LogP contribution in [0.4, 0.5) is 0 Å². The SMILES string of the molecule is CCCOc1ccc(C(=O)N/N=C/c2cc(Br)c(OCc3ccccc3)c(Br)c2)cc1. The predicted molar refractivity (Wildman–Crippen MR) is 130 cm³/mol. The summed E-state index contributed by atoms with van der Waals surface area (Å²) in [5, 5.41) is 4.06. The Morgan fingerprint density at radius 3 is 2.32 bits per heavy atom. The Hall–Kier alpha value is -2.64. The first-order chi connectivity index (χ1) is 15.1. The van der Waals surface area contributed by atoms with Gasteiger partial charge in [-0.15, -0.1) is 0 Å². The number of nitrogens with zero attached hydrogens (tertiary/aromatic N) is 1. The molecule has 0 aromatic heterocycles. The summed E-state index contributed by atoms with van der Waals surface area (Å²) >= 11 is 7.08. The number of halogens is 2. The van der Waals surface area contributed by atoms with Crippen LogP contribution in [-0.2, 0) is 6.61 Å². The first-order valence-electron chi connectivity index (χ1n) is 9.79. The van der Waals surface area contributed by atoms with Gasteiger partial charge < -0.3 is 9.47 Å². The van der Waals surface area contributed by atoms with Crippen LogP contribution in [0.3, 0.4) is 0 Å². The van der Waals surface area contributed by atoms with Crippen molar-refractivity contribution < 1.29 is 14.3 Å². The van der Waals surface area contributed by atoms with E-state index in [4.69, 9.17) is 9.47 Å². The zero-order valence-corrected chi connectivity index (χ0v) is 20.1. The number of benzene rings is 3. The standard InChI is InChI=1S/C24H22Br2N2O3/c1-2-12-30-20-10-8-19(9-11-20)24(29)28-27-15-18-13-21(25)23(22(26)14-18)31-16-17-6-4-3-5-7-17/h3-11,13-15H,2,12,16H2,1H3,(H,28,29)/b27-15+. The highest BCUT2D eigenvalue weighted by molar-refractivity contribution is 9.11. The van der Waals surface area contributed by atoms with E-state index in [0.717, 1.165) is 32.2 Å². The lowest BCUT2D eigenvalue weighted by atomic mass is 10.2. The van der Waals surface area contributed by atoms with E-state index >= 15 is 0 Å². The maximum absolute atomic E-state index is 12.3. The van der Waals surface area contributed by atoms with Gasteiger partial charge in [0.15, 0.2) is 0 Å². The number of nitrogens with one attached hydrogen (secondary N) is 1. The van der Waals surface area contributed by atoms with E-state index in [9.17, 15) is 4.79 Å². The van der Waals surface area contributed by atoms with Crippen molar-refractivity contribution >= 4 is 44.0 Å². The second kappa shape index (κ2) is 11.7. The first kappa shape index (κ1) is 23.0. The van der Waals surface area contributed by atoms with Crippen molar-refractivity contribution in [2.75, 3.05) is 6.61 Å². The lowest BCUT2D eigenvalue weighted by molar-refractivity contribution is 0.0955. The molecule has 0 saturated heterocycles. The molecule has 0 aliphatic rings. The molecule has 0 spiro atoms. The quantitative estimate of drug-likeness (QED) is 0.252. The van der Waals surface area contributed by atoms with Gasteiger partial charge >= 0.3 is 0 Å². The molecule has 3 aromatic rings. The molecule has 160 valence electrons. The van der Waals surface area contributed by atoms with E-state index in [2.05, 4.69) is 42.4 Å². The summed E-state index contributed by atoms with van der Waals surface area (Å²) in [5.41, 5.74) is 4.93. The number of ether oxygens (including phenoxy) is 2. The maximum atomic E-state index is 12.3. The largest absolute Gasteiger partial charge is 0.494 e. The van der Waals surface area contributed by atoms with Crippen molar-refractivity contribution in [2.45, 2.75) is 20.0 Å². The van der Waals surface area contributed by atoms with E-state index in [-0.39, 0.29) is 5.91 Å². The Kier molecular flexibility index (Phi) is 8.67. The van der Waals surface area contributed by atoms with Gasteiger partial charge in [-0.3, -0.25) is 4.79 Å². The molecule has 7 heteroatoms. The Balaban J connectivity index is 1.58. The van der Waals surface area contributed by atoms with E-state index < -0.39 is 0 Å². The molecule has 0 unspecified atom stereocenters. The molecule has 5 nitrogen and oxygen atoms in total. The highest BCUT2D eigenvalue weighted by Crippen LogP contribution is 2.35. The number of carbonyl (C=O) groups is 1. The van der Waals surface area contributed by atoms with E-state index in [1.807, 2.05) is 49.4 Å². The van der Waals surface area contributed by atoms with Gasteiger partial charge in [0.1, 0.15) is 18.1 Å². The predicted octanol–water partition coefficient (Wildman–Crippen LogP) is 6.34. The van der Waals surface area contributed by atoms with Crippen LogP contribution in [0.25, 0.3) is 0 Å². The zero-order chi connectivity index (χ0) is 22.1. The average molecular weight is 546 g/mol. The molecule has 0 heterocycles. The lowest BCUT2D eigenvalue weighted by Crippen LogP contribution is -2.17. The minimum absolute atomic E-state index is 0.292. The molecule has 1 N–H and O–H groups in total. The van der Waals surface area contributed by atoms with Gasteiger partial charge in [0.2, 0.25) is 0 Å². The molecule has 3 aromatic carbocycles. The third kappa shape index (κ3) is 6.94. The first-order valence-corrected chi connectivity index (χ1v) is 11.4. The van der Waals surface area contributed by atoms with Crippen LogP contribution < -0.4 is 14.9 Å². The summed E-state index contributed by atoms with van der Waals surface area (Å²) in [7, 11) is 0. The maximum Gasteiger partial charge on any atom is 0.271 e. The van der Waals surface area contributed by atoms with Crippen molar-refractivity contribution in [3.05, 3.63) is 92.4 Å². The summed E-state index contributed by atoms with van der Waals surface area (Å²) in [6.07, 6.45) is 2.51. The molecule has 0 atom stereocenters. The Bertz CT molecular complexity index is 1020. The van der Waals surface area contributed by atoms with Gasteiger partial charge in [0.25, 0.3) is 5.91 Å². The normalized spacial score (nSPS) is 10.8. The topological polar surface area (TPSA) is 59.9 Å². The number of hydrogen-bond donors (Lipinski definition) is 1. The lowest BCUT2D eigenvalue weighted by Gasteiger charge is -2.11. The molecule has 0 saturated carbocycles. The van der Waals surface area contributed by atoms with Crippen LogP contribution >= 0.6 is 31.9 Å². The second-order valence-corrected chi connectivity index (χ2v) is 8.37. The molecular formula is C24H22Br2N2O3. The number of hydrogen-bond acceptors (Lipinski definition) is 4. The molecule has 0 aliphatic carbocycles. The summed E-state index contributed by atoms with van der Waals surface area (Å²) < 4.78 is 13.0. The monoisotopic (exact) mass is 544 g/mol. The van der Waals surface area contributed by atoms with Crippen molar-refractivity contribution in [3.8, 4) is 11.5 Å². The molecule has 3 rings (SSSR count). The summed E-state index contributed by atoms with van der Waals surface area (Å²) in [6, 6.07) is 20.7. The van der Waals surface area contributed by atoms with Gasteiger partial charge in [0, 0.05) is 5.56 Å². The summed E-state index contributed by atoms with van der Waals surface area (Å²) in [5.74, 6) is 1.15.